The van der Waals surface area contributed by atoms with Crippen LogP contribution in [0.5, 0.6) is 0 Å². The molecule has 5 rings (SSSR count). The van der Waals surface area contributed by atoms with Crippen LogP contribution in [0.3, 0.4) is 0 Å². The van der Waals surface area contributed by atoms with E-state index in [-0.39, 0.29) is 0 Å². The summed E-state index contributed by atoms with van der Waals surface area (Å²) < 4.78 is 0. The molecule has 2 aliphatic rings. The van der Waals surface area contributed by atoms with E-state index in [0.29, 0.717) is 6.04 Å². The second kappa shape index (κ2) is 7.03. The maximum Gasteiger partial charge on any atom is 0.141 e. The van der Waals surface area contributed by atoms with Gasteiger partial charge in [-0.1, -0.05) is 17.7 Å². The van der Waals surface area contributed by atoms with E-state index >= 15 is 0 Å². The third kappa shape index (κ3) is 3.06. The molecule has 1 aromatic carbocycles. The summed E-state index contributed by atoms with van der Waals surface area (Å²) in [4.78, 5) is 17.5. The fourth-order valence-electron chi connectivity index (χ4n) is 4.74. The Hall–Kier alpha value is -2.14. The summed E-state index contributed by atoms with van der Waals surface area (Å²) in [5.41, 5.74) is 4.18. The van der Waals surface area contributed by atoms with Crippen molar-refractivity contribution in [1.29, 1.82) is 0 Å². The number of anilines is 2. The lowest BCUT2D eigenvalue weighted by molar-refractivity contribution is 0.548. The van der Waals surface area contributed by atoms with Crippen LogP contribution in [0.1, 0.15) is 41.6 Å². The molecule has 3 aromatic rings. The highest BCUT2D eigenvalue weighted by atomic mass is 32.1. The van der Waals surface area contributed by atoms with Crippen LogP contribution >= 0.6 is 11.3 Å². The molecule has 0 radical (unpaired) electrons. The SMILES string of the molecule is Cc1ccc(N2CCN(c3nc(C)nc4sc5c(c34)CCCC5)C[C@H]2C)cc1. The van der Waals surface area contributed by atoms with E-state index in [1.807, 2.05) is 18.3 Å². The molecule has 1 saturated heterocycles. The van der Waals surface area contributed by atoms with Crippen LogP contribution in [0.15, 0.2) is 24.3 Å². The van der Waals surface area contributed by atoms with E-state index in [9.17, 15) is 0 Å². The first-order valence-corrected chi connectivity index (χ1v) is 11.3. The van der Waals surface area contributed by atoms with Crippen molar-refractivity contribution in [1.82, 2.24) is 9.97 Å². The maximum absolute atomic E-state index is 4.95. The van der Waals surface area contributed by atoms with Gasteiger partial charge in [-0.25, -0.2) is 9.97 Å². The molecular formula is C23H28N4S. The topological polar surface area (TPSA) is 32.3 Å². The van der Waals surface area contributed by atoms with Crippen molar-refractivity contribution in [2.24, 2.45) is 0 Å². The molecule has 0 saturated carbocycles. The number of thiophene rings is 1. The van der Waals surface area contributed by atoms with Gasteiger partial charge in [0.05, 0.1) is 5.39 Å². The summed E-state index contributed by atoms with van der Waals surface area (Å²) in [6.45, 7) is 9.56. The predicted molar refractivity (Wildman–Crippen MR) is 119 cm³/mol. The number of nitrogens with zero attached hydrogens (tertiary/aromatic N) is 4. The van der Waals surface area contributed by atoms with E-state index in [0.717, 1.165) is 25.5 Å². The molecule has 1 fully saturated rings. The Labute approximate surface area is 171 Å². The minimum Gasteiger partial charge on any atom is -0.365 e. The molecular weight excluding hydrogens is 364 g/mol. The van der Waals surface area contributed by atoms with Crippen molar-refractivity contribution in [2.45, 2.75) is 52.5 Å². The Morgan fingerprint density at radius 3 is 2.57 bits per heavy atom. The van der Waals surface area contributed by atoms with Crippen LogP contribution in [0, 0.1) is 13.8 Å². The summed E-state index contributed by atoms with van der Waals surface area (Å²) in [6.07, 6.45) is 5.01. The van der Waals surface area contributed by atoms with Gasteiger partial charge in [0.25, 0.3) is 0 Å². The minimum atomic E-state index is 0.455. The Morgan fingerprint density at radius 2 is 1.79 bits per heavy atom. The van der Waals surface area contributed by atoms with Crippen LogP contribution < -0.4 is 9.80 Å². The van der Waals surface area contributed by atoms with Crippen molar-refractivity contribution >= 4 is 33.1 Å². The van der Waals surface area contributed by atoms with Gasteiger partial charge in [0.15, 0.2) is 0 Å². The van der Waals surface area contributed by atoms with Crippen LogP contribution in [-0.4, -0.2) is 35.6 Å². The van der Waals surface area contributed by atoms with E-state index < -0.39 is 0 Å². The Bertz CT molecular complexity index is 1010. The Kier molecular flexibility index (Phi) is 4.50. The molecule has 0 amide bonds. The lowest BCUT2D eigenvalue weighted by Gasteiger charge is -2.42. The first-order chi connectivity index (χ1) is 13.6. The summed E-state index contributed by atoms with van der Waals surface area (Å²) >= 11 is 1.90. The molecule has 0 spiro atoms. The Morgan fingerprint density at radius 1 is 1.00 bits per heavy atom. The number of piperazine rings is 1. The van der Waals surface area contributed by atoms with Gasteiger partial charge < -0.3 is 9.80 Å². The molecule has 1 atom stereocenters. The summed E-state index contributed by atoms with van der Waals surface area (Å²) in [6, 6.07) is 9.39. The first kappa shape index (κ1) is 17.9. The number of benzene rings is 1. The zero-order valence-corrected chi connectivity index (χ0v) is 17.9. The fourth-order valence-corrected chi connectivity index (χ4v) is 6.04. The monoisotopic (exact) mass is 392 g/mol. The normalized spacial score (nSPS) is 19.9. The van der Waals surface area contributed by atoms with Crippen LogP contribution in [0.2, 0.25) is 0 Å². The molecule has 0 bridgehead atoms. The summed E-state index contributed by atoms with van der Waals surface area (Å²) in [7, 11) is 0. The summed E-state index contributed by atoms with van der Waals surface area (Å²) in [5.74, 6) is 2.08. The van der Waals surface area contributed by atoms with E-state index in [1.165, 1.54) is 58.5 Å². The average molecular weight is 393 g/mol. The fraction of sp³-hybridized carbons (Fsp3) is 0.478. The third-order valence-corrected chi connectivity index (χ3v) is 7.39. The van der Waals surface area contributed by atoms with Crippen molar-refractivity contribution in [3.8, 4) is 0 Å². The molecule has 3 heterocycles. The number of aryl methyl sites for hydroxylation is 4. The zero-order valence-electron chi connectivity index (χ0n) is 17.0. The number of rotatable bonds is 2. The number of aromatic nitrogens is 2. The molecule has 146 valence electrons. The van der Waals surface area contributed by atoms with Gasteiger partial charge in [0, 0.05) is 36.2 Å². The molecule has 5 heteroatoms. The Balaban J connectivity index is 1.48. The summed E-state index contributed by atoms with van der Waals surface area (Å²) in [5, 5.41) is 1.35. The van der Waals surface area contributed by atoms with Crippen molar-refractivity contribution in [3.63, 3.8) is 0 Å². The number of hydrogen-bond acceptors (Lipinski definition) is 5. The number of fused-ring (bicyclic) bond motifs is 3. The molecule has 0 N–H and O–H groups in total. The van der Waals surface area contributed by atoms with Gasteiger partial charge >= 0.3 is 0 Å². The van der Waals surface area contributed by atoms with Crippen molar-refractivity contribution < 1.29 is 0 Å². The average Bonchev–Trinajstić information content (AvgIpc) is 3.06. The van der Waals surface area contributed by atoms with Crippen molar-refractivity contribution in [2.75, 3.05) is 29.4 Å². The van der Waals surface area contributed by atoms with E-state index in [4.69, 9.17) is 9.97 Å². The standard InChI is InChI=1S/C23H28N4S/c1-15-8-10-18(11-9-15)27-13-12-26(14-16(27)2)22-21-19-6-4-5-7-20(19)28-23(21)25-17(3)24-22/h8-11,16H,4-7,12-14H2,1-3H3/t16-/m1/s1. The highest BCUT2D eigenvalue weighted by molar-refractivity contribution is 7.19. The number of hydrogen-bond donors (Lipinski definition) is 0. The second-order valence-electron chi connectivity index (χ2n) is 8.31. The molecule has 2 aromatic heterocycles. The van der Waals surface area contributed by atoms with Gasteiger partial charge in [-0.05, 0) is 64.2 Å². The molecule has 1 aliphatic carbocycles. The van der Waals surface area contributed by atoms with Gasteiger partial charge in [0.1, 0.15) is 16.5 Å². The highest BCUT2D eigenvalue weighted by Gasteiger charge is 2.28. The quantitative estimate of drug-likeness (QED) is 0.621. The zero-order chi connectivity index (χ0) is 19.3. The molecule has 0 unspecified atom stereocenters. The lowest BCUT2D eigenvalue weighted by Crippen LogP contribution is -2.52. The van der Waals surface area contributed by atoms with Gasteiger partial charge in [-0.2, -0.15) is 0 Å². The van der Waals surface area contributed by atoms with Crippen molar-refractivity contribution in [3.05, 3.63) is 46.1 Å². The van der Waals surface area contributed by atoms with Gasteiger partial charge in [-0.3, -0.25) is 0 Å². The van der Waals surface area contributed by atoms with Crippen LogP contribution in [-0.2, 0) is 12.8 Å². The minimum absolute atomic E-state index is 0.455. The first-order valence-electron chi connectivity index (χ1n) is 10.5. The third-order valence-electron chi connectivity index (χ3n) is 6.20. The van der Waals surface area contributed by atoms with Crippen LogP contribution in [0.25, 0.3) is 10.2 Å². The van der Waals surface area contributed by atoms with E-state index in [2.05, 4.69) is 47.9 Å². The largest absolute Gasteiger partial charge is 0.365 e. The van der Waals surface area contributed by atoms with Gasteiger partial charge in [-0.15, -0.1) is 11.3 Å². The van der Waals surface area contributed by atoms with Crippen LogP contribution in [0.4, 0.5) is 11.5 Å². The maximum atomic E-state index is 4.95. The smallest absolute Gasteiger partial charge is 0.141 e. The molecule has 28 heavy (non-hydrogen) atoms. The van der Waals surface area contributed by atoms with E-state index in [1.54, 1.807) is 4.88 Å². The predicted octanol–water partition coefficient (Wildman–Crippen LogP) is 4.90. The molecule has 1 aliphatic heterocycles. The lowest BCUT2D eigenvalue weighted by atomic mass is 9.96. The van der Waals surface area contributed by atoms with Gasteiger partial charge in [0.2, 0.25) is 0 Å². The molecule has 4 nitrogen and oxygen atoms in total. The second-order valence-corrected chi connectivity index (χ2v) is 9.39. The highest BCUT2D eigenvalue weighted by Crippen LogP contribution is 2.40.